The van der Waals surface area contributed by atoms with Crippen LogP contribution in [0.15, 0.2) is 40.9 Å². The molecular formula is C15H19BrNO2+. The number of hydrogen-bond donors (Lipinski definition) is 1. The Labute approximate surface area is 122 Å². The Balaban J connectivity index is 1.92. The fourth-order valence-corrected chi connectivity index (χ4v) is 2.53. The minimum Gasteiger partial charge on any atom is -0.487 e. The molecule has 3 nitrogen and oxygen atoms in total. The molecule has 0 heterocycles. The van der Waals surface area contributed by atoms with Gasteiger partial charge in [0.05, 0.1) is 17.6 Å². The van der Waals surface area contributed by atoms with E-state index < -0.39 is 0 Å². The predicted molar refractivity (Wildman–Crippen MR) is 80.7 cm³/mol. The van der Waals surface area contributed by atoms with E-state index in [2.05, 4.69) is 39.4 Å². The van der Waals surface area contributed by atoms with Crippen molar-refractivity contribution in [3.8, 4) is 5.75 Å². The van der Waals surface area contributed by atoms with E-state index in [0.717, 1.165) is 29.9 Å². The number of benzene rings is 2. The van der Waals surface area contributed by atoms with Gasteiger partial charge in [-0.25, -0.2) is 0 Å². The first-order valence-electron chi connectivity index (χ1n) is 6.43. The molecule has 0 unspecified atom stereocenters. The summed E-state index contributed by atoms with van der Waals surface area (Å²) in [6, 6.07) is 12.4. The standard InChI is InChI=1S/C15H18BrNO2/c1-18-10-8-17-9-11-19-14-7-6-12-4-2-3-5-13(12)15(14)16/h2-7,17H,8-11H2,1H3/p+1. The minimum atomic E-state index is 0.695. The van der Waals surface area contributed by atoms with Crippen LogP contribution in [0, 0.1) is 0 Å². The first-order chi connectivity index (χ1) is 9.33. The van der Waals surface area contributed by atoms with E-state index in [-0.39, 0.29) is 0 Å². The Morgan fingerprint density at radius 2 is 1.84 bits per heavy atom. The van der Waals surface area contributed by atoms with E-state index in [1.54, 1.807) is 7.11 Å². The molecule has 0 aliphatic carbocycles. The van der Waals surface area contributed by atoms with Crippen LogP contribution >= 0.6 is 15.9 Å². The van der Waals surface area contributed by atoms with Gasteiger partial charge in [0.1, 0.15) is 18.9 Å². The van der Waals surface area contributed by atoms with Crippen molar-refractivity contribution in [3.05, 3.63) is 40.9 Å². The molecule has 0 aromatic heterocycles. The Morgan fingerprint density at radius 1 is 1.05 bits per heavy atom. The summed E-state index contributed by atoms with van der Waals surface area (Å²) >= 11 is 3.62. The van der Waals surface area contributed by atoms with Crippen LogP contribution in [-0.2, 0) is 4.74 Å². The van der Waals surface area contributed by atoms with E-state index in [9.17, 15) is 0 Å². The number of methoxy groups -OCH3 is 1. The highest BCUT2D eigenvalue weighted by Gasteiger charge is 2.05. The minimum absolute atomic E-state index is 0.695. The third-order valence-electron chi connectivity index (χ3n) is 2.93. The fraction of sp³-hybridized carbons (Fsp3) is 0.333. The van der Waals surface area contributed by atoms with E-state index in [1.165, 1.54) is 10.8 Å². The number of ether oxygens (including phenoxy) is 2. The third-order valence-corrected chi connectivity index (χ3v) is 3.75. The number of nitrogens with two attached hydrogens (primary N) is 1. The molecule has 2 aromatic carbocycles. The summed E-state index contributed by atoms with van der Waals surface area (Å²) in [5.41, 5.74) is 0. The molecule has 0 saturated carbocycles. The Kier molecular flexibility index (Phi) is 5.63. The lowest BCUT2D eigenvalue weighted by Crippen LogP contribution is -2.86. The molecule has 0 radical (unpaired) electrons. The largest absolute Gasteiger partial charge is 0.487 e. The summed E-state index contributed by atoms with van der Waals surface area (Å²) in [5.74, 6) is 0.902. The topological polar surface area (TPSA) is 35.1 Å². The summed E-state index contributed by atoms with van der Waals surface area (Å²) in [7, 11) is 1.72. The quantitative estimate of drug-likeness (QED) is 0.792. The maximum absolute atomic E-state index is 5.81. The second kappa shape index (κ2) is 7.48. The van der Waals surface area contributed by atoms with Gasteiger partial charge in [0, 0.05) is 7.11 Å². The van der Waals surface area contributed by atoms with Crippen LogP contribution in [0.1, 0.15) is 0 Å². The number of hydrogen-bond acceptors (Lipinski definition) is 2. The molecular weight excluding hydrogens is 306 g/mol. The summed E-state index contributed by atoms with van der Waals surface area (Å²) in [4.78, 5) is 0. The predicted octanol–water partition coefficient (Wildman–Crippen LogP) is 2.19. The summed E-state index contributed by atoms with van der Waals surface area (Å²) in [5, 5.41) is 4.59. The highest BCUT2D eigenvalue weighted by atomic mass is 79.9. The van der Waals surface area contributed by atoms with Crippen LogP contribution in [0.25, 0.3) is 10.8 Å². The van der Waals surface area contributed by atoms with Crippen LogP contribution in [0.3, 0.4) is 0 Å². The summed E-state index contributed by atoms with van der Waals surface area (Å²) in [6.07, 6.45) is 0. The molecule has 2 rings (SSSR count). The summed E-state index contributed by atoms with van der Waals surface area (Å²) < 4.78 is 11.8. The van der Waals surface area contributed by atoms with E-state index in [4.69, 9.17) is 9.47 Å². The molecule has 0 fully saturated rings. The zero-order chi connectivity index (χ0) is 13.5. The van der Waals surface area contributed by atoms with Crippen molar-refractivity contribution < 1.29 is 14.8 Å². The Hall–Kier alpha value is -1.10. The van der Waals surface area contributed by atoms with Crippen LogP contribution < -0.4 is 10.1 Å². The van der Waals surface area contributed by atoms with Crippen molar-refractivity contribution in [1.29, 1.82) is 0 Å². The van der Waals surface area contributed by atoms with Crippen molar-refractivity contribution in [2.24, 2.45) is 0 Å². The van der Waals surface area contributed by atoms with Gasteiger partial charge in [-0.15, -0.1) is 0 Å². The van der Waals surface area contributed by atoms with Crippen molar-refractivity contribution in [2.75, 3.05) is 33.4 Å². The van der Waals surface area contributed by atoms with Crippen LogP contribution in [-0.4, -0.2) is 33.4 Å². The van der Waals surface area contributed by atoms with Gasteiger partial charge < -0.3 is 14.8 Å². The molecule has 2 aromatic rings. The smallest absolute Gasteiger partial charge is 0.137 e. The highest BCUT2D eigenvalue weighted by Crippen LogP contribution is 2.32. The maximum Gasteiger partial charge on any atom is 0.137 e. The average molecular weight is 325 g/mol. The van der Waals surface area contributed by atoms with Gasteiger partial charge in [0.2, 0.25) is 0 Å². The molecule has 4 heteroatoms. The van der Waals surface area contributed by atoms with Gasteiger partial charge in [-0.1, -0.05) is 30.3 Å². The van der Waals surface area contributed by atoms with Gasteiger partial charge in [0.25, 0.3) is 0 Å². The normalized spacial score (nSPS) is 10.8. The number of rotatable bonds is 7. The van der Waals surface area contributed by atoms with E-state index in [1.807, 2.05) is 18.2 Å². The monoisotopic (exact) mass is 324 g/mol. The van der Waals surface area contributed by atoms with Gasteiger partial charge in [-0.2, -0.15) is 0 Å². The molecule has 0 amide bonds. The van der Waals surface area contributed by atoms with Crippen LogP contribution in [0.2, 0.25) is 0 Å². The molecule has 0 aliphatic rings. The molecule has 0 saturated heterocycles. The van der Waals surface area contributed by atoms with Crippen molar-refractivity contribution in [3.63, 3.8) is 0 Å². The molecule has 19 heavy (non-hydrogen) atoms. The highest BCUT2D eigenvalue weighted by molar-refractivity contribution is 9.10. The van der Waals surface area contributed by atoms with E-state index in [0.29, 0.717) is 6.61 Å². The number of halogens is 1. The third kappa shape index (κ3) is 3.93. The molecule has 0 aliphatic heterocycles. The van der Waals surface area contributed by atoms with Gasteiger partial charge in [-0.3, -0.25) is 0 Å². The lowest BCUT2D eigenvalue weighted by atomic mass is 10.1. The van der Waals surface area contributed by atoms with Crippen LogP contribution in [0.5, 0.6) is 5.75 Å². The second-order valence-corrected chi connectivity index (χ2v) is 5.10. The van der Waals surface area contributed by atoms with Crippen molar-refractivity contribution in [1.82, 2.24) is 0 Å². The first-order valence-corrected chi connectivity index (χ1v) is 7.23. The Morgan fingerprint density at radius 3 is 2.68 bits per heavy atom. The second-order valence-electron chi connectivity index (χ2n) is 4.31. The van der Waals surface area contributed by atoms with Gasteiger partial charge >= 0.3 is 0 Å². The maximum atomic E-state index is 5.81. The Bertz CT molecular complexity index is 531. The molecule has 2 N–H and O–H groups in total. The molecule has 102 valence electrons. The van der Waals surface area contributed by atoms with E-state index >= 15 is 0 Å². The van der Waals surface area contributed by atoms with Crippen molar-refractivity contribution >= 4 is 26.7 Å². The zero-order valence-electron chi connectivity index (χ0n) is 11.1. The van der Waals surface area contributed by atoms with Gasteiger partial charge in [0.15, 0.2) is 0 Å². The molecule has 0 atom stereocenters. The van der Waals surface area contributed by atoms with Crippen LogP contribution in [0.4, 0.5) is 0 Å². The SMILES string of the molecule is COCC[NH2+]CCOc1ccc2ccccc2c1Br. The lowest BCUT2D eigenvalue weighted by molar-refractivity contribution is -0.656. The number of fused-ring (bicyclic) bond motifs is 1. The summed E-state index contributed by atoms with van der Waals surface area (Å²) in [6.45, 7) is 3.38. The number of quaternary nitrogens is 1. The van der Waals surface area contributed by atoms with Crippen molar-refractivity contribution in [2.45, 2.75) is 0 Å². The molecule has 0 spiro atoms. The zero-order valence-corrected chi connectivity index (χ0v) is 12.7. The fourth-order valence-electron chi connectivity index (χ4n) is 1.92. The first kappa shape index (κ1) is 14.3. The molecule has 0 bridgehead atoms. The average Bonchev–Trinajstić information content (AvgIpc) is 2.45. The lowest BCUT2D eigenvalue weighted by Gasteiger charge is -2.09. The van der Waals surface area contributed by atoms with Gasteiger partial charge in [-0.05, 0) is 32.8 Å².